The second-order valence-electron chi connectivity index (χ2n) is 18.0. The fourth-order valence-electron chi connectivity index (χ4n) is 8.52. The van der Waals surface area contributed by atoms with Crippen LogP contribution in [-0.4, -0.2) is 121 Å². The summed E-state index contributed by atoms with van der Waals surface area (Å²) >= 11 is 0. The van der Waals surface area contributed by atoms with Gasteiger partial charge in [0.15, 0.2) is 0 Å². The molecule has 0 aromatic heterocycles. The number of benzene rings is 3. The minimum Gasteiger partial charge on any atom is -0.460 e. The molecule has 0 saturated carbocycles. The lowest BCUT2D eigenvalue weighted by molar-refractivity contribution is -0.147. The molecule has 0 spiro atoms. The van der Waals surface area contributed by atoms with Crippen molar-refractivity contribution in [2.45, 2.75) is 103 Å². The summed E-state index contributed by atoms with van der Waals surface area (Å²) in [5.74, 6) is -1.29. The molecule has 0 aliphatic carbocycles. The quantitative estimate of drug-likeness (QED) is 0.117. The standard InChI is InChI=1S/C47H62FN5O7/c1-33-26-51(39(27-50-21-22-58-30-34(50)2)28-52(33)45(57)60-46(3,4)5)29-43(55)53-32-47(6,40-18-15-37(24-41(40)53)23-35-13-16-38(48)17-14-35)19-10-20-49-42(54)25-44(56)59-31-36-11-8-7-9-12-36/h7-9,11-18,24,33-34,39H,10,19-23,25-32H2,1-6H3,(H,49,54)/t33-,34+,39-,47+/m0/s1. The minimum absolute atomic E-state index is 0.0285. The number of hydrogen-bond acceptors (Lipinski definition) is 9. The molecule has 60 heavy (non-hydrogen) atoms. The molecule has 0 bridgehead atoms. The monoisotopic (exact) mass is 827 g/mol. The Morgan fingerprint density at radius 3 is 2.37 bits per heavy atom. The number of halogens is 1. The summed E-state index contributed by atoms with van der Waals surface area (Å²) in [6.45, 7) is 16.7. The highest BCUT2D eigenvalue weighted by Gasteiger charge is 2.43. The molecule has 0 unspecified atom stereocenters. The number of amides is 3. The molecule has 6 rings (SSSR count). The molecular formula is C47H62FN5O7. The second-order valence-corrected chi connectivity index (χ2v) is 18.0. The van der Waals surface area contributed by atoms with Crippen LogP contribution >= 0.6 is 0 Å². The van der Waals surface area contributed by atoms with Crippen molar-refractivity contribution in [3.8, 4) is 0 Å². The van der Waals surface area contributed by atoms with Crippen molar-refractivity contribution < 1.29 is 37.8 Å². The van der Waals surface area contributed by atoms with Crippen LogP contribution in [0.25, 0.3) is 0 Å². The van der Waals surface area contributed by atoms with Gasteiger partial charge >= 0.3 is 12.1 Å². The molecule has 4 atom stereocenters. The van der Waals surface area contributed by atoms with Crippen LogP contribution in [0, 0.1) is 5.82 Å². The Bertz CT molecular complexity index is 1960. The lowest BCUT2D eigenvalue weighted by Gasteiger charge is -2.47. The number of rotatable bonds is 14. The number of fused-ring (bicyclic) bond motifs is 1. The van der Waals surface area contributed by atoms with Crippen LogP contribution in [0.3, 0.4) is 0 Å². The van der Waals surface area contributed by atoms with Gasteiger partial charge in [-0.2, -0.15) is 0 Å². The van der Waals surface area contributed by atoms with Gasteiger partial charge in [0.05, 0.1) is 19.8 Å². The number of esters is 1. The number of hydrogen-bond donors (Lipinski definition) is 1. The maximum Gasteiger partial charge on any atom is 0.410 e. The highest BCUT2D eigenvalue weighted by molar-refractivity contribution is 5.98. The average Bonchev–Trinajstić information content (AvgIpc) is 3.49. The summed E-state index contributed by atoms with van der Waals surface area (Å²) in [6.07, 6.45) is 1.18. The minimum atomic E-state index is -0.633. The van der Waals surface area contributed by atoms with Gasteiger partial charge in [0, 0.05) is 68.5 Å². The third-order valence-electron chi connectivity index (χ3n) is 11.8. The second kappa shape index (κ2) is 19.7. The van der Waals surface area contributed by atoms with E-state index in [4.69, 9.17) is 14.2 Å². The zero-order valence-corrected chi connectivity index (χ0v) is 36.1. The van der Waals surface area contributed by atoms with Gasteiger partial charge in [0.2, 0.25) is 11.8 Å². The molecule has 3 aromatic carbocycles. The summed E-state index contributed by atoms with van der Waals surface area (Å²) in [5, 5.41) is 2.87. The van der Waals surface area contributed by atoms with Crippen LogP contribution < -0.4 is 10.2 Å². The van der Waals surface area contributed by atoms with E-state index < -0.39 is 22.9 Å². The molecule has 1 N–H and O–H groups in total. The molecule has 0 radical (unpaired) electrons. The van der Waals surface area contributed by atoms with Gasteiger partial charge in [0.25, 0.3) is 0 Å². The first-order chi connectivity index (χ1) is 28.6. The zero-order chi connectivity index (χ0) is 43.0. The predicted molar refractivity (Wildman–Crippen MR) is 228 cm³/mol. The third kappa shape index (κ3) is 11.9. The Balaban J connectivity index is 1.16. The number of carbonyl (C=O) groups is 4. The molecule has 324 valence electrons. The number of nitrogens with zero attached hydrogens (tertiary/aromatic N) is 4. The summed E-state index contributed by atoms with van der Waals surface area (Å²) in [4.78, 5) is 61.5. The first-order valence-corrected chi connectivity index (χ1v) is 21.3. The first-order valence-electron chi connectivity index (χ1n) is 21.3. The zero-order valence-electron chi connectivity index (χ0n) is 36.1. The third-order valence-corrected chi connectivity index (χ3v) is 11.8. The molecule has 13 heteroatoms. The lowest BCUT2D eigenvalue weighted by Crippen LogP contribution is -2.64. The molecule has 2 fully saturated rings. The van der Waals surface area contributed by atoms with E-state index in [1.165, 1.54) is 12.1 Å². The van der Waals surface area contributed by atoms with Gasteiger partial charge in [-0.3, -0.25) is 24.2 Å². The molecule has 3 heterocycles. The Labute approximate surface area is 354 Å². The lowest BCUT2D eigenvalue weighted by atomic mass is 9.80. The molecular weight excluding hydrogens is 766 g/mol. The highest BCUT2D eigenvalue weighted by Crippen LogP contribution is 2.44. The Morgan fingerprint density at radius 1 is 0.917 bits per heavy atom. The van der Waals surface area contributed by atoms with Crippen molar-refractivity contribution in [2.24, 2.45) is 0 Å². The first kappa shape index (κ1) is 44.7. The predicted octanol–water partition coefficient (Wildman–Crippen LogP) is 6.08. The van der Waals surface area contributed by atoms with E-state index in [0.717, 1.165) is 34.5 Å². The van der Waals surface area contributed by atoms with Gasteiger partial charge in [0.1, 0.15) is 24.4 Å². The van der Waals surface area contributed by atoms with Gasteiger partial charge < -0.3 is 29.3 Å². The van der Waals surface area contributed by atoms with Crippen LogP contribution in [0.1, 0.15) is 83.1 Å². The van der Waals surface area contributed by atoms with Crippen molar-refractivity contribution >= 4 is 29.6 Å². The molecule has 3 aliphatic rings. The van der Waals surface area contributed by atoms with Gasteiger partial charge in [-0.1, -0.05) is 61.5 Å². The smallest absolute Gasteiger partial charge is 0.410 e. The molecule has 3 amide bonds. The maximum atomic E-state index is 14.8. The van der Waals surface area contributed by atoms with Crippen molar-refractivity contribution in [1.29, 1.82) is 0 Å². The highest BCUT2D eigenvalue weighted by atomic mass is 19.1. The van der Waals surface area contributed by atoms with Crippen LogP contribution in [0.15, 0.2) is 72.8 Å². The number of ether oxygens (including phenoxy) is 3. The Kier molecular flexibility index (Phi) is 14.7. The van der Waals surface area contributed by atoms with Crippen molar-refractivity contribution in [3.05, 3.63) is 101 Å². The van der Waals surface area contributed by atoms with E-state index in [1.54, 1.807) is 17.0 Å². The largest absolute Gasteiger partial charge is 0.460 e. The van der Waals surface area contributed by atoms with E-state index in [9.17, 15) is 23.6 Å². The summed E-state index contributed by atoms with van der Waals surface area (Å²) in [6, 6.07) is 22.0. The number of anilines is 1. The molecule has 3 aromatic rings. The van der Waals surface area contributed by atoms with E-state index in [0.29, 0.717) is 65.2 Å². The normalized spacial score (nSPS) is 22.3. The maximum absolute atomic E-state index is 14.8. The summed E-state index contributed by atoms with van der Waals surface area (Å²) in [5.41, 5.74) is 3.68. The van der Waals surface area contributed by atoms with E-state index in [1.807, 2.05) is 62.9 Å². The molecule has 12 nitrogen and oxygen atoms in total. The van der Waals surface area contributed by atoms with E-state index >= 15 is 0 Å². The summed E-state index contributed by atoms with van der Waals surface area (Å²) < 4.78 is 30.6. The van der Waals surface area contributed by atoms with Gasteiger partial charge in [-0.05, 0) is 94.3 Å². The fourth-order valence-corrected chi connectivity index (χ4v) is 8.52. The number of nitrogens with one attached hydrogen (secondary N) is 1. The van der Waals surface area contributed by atoms with Crippen molar-refractivity contribution in [3.63, 3.8) is 0 Å². The number of morpholine rings is 1. The Morgan fingerprint density at radius 2 is 1.65 bits per heavy atom. The van der Waals surface area contributed by atoms with Crippen molar-refractivity contribution in [1.82, 2.24) is 20.0 Å². The topological polar surface area (TPSA) is 121 Å². The van der Waals surface area contributed by atoms with Crippen LogP contribution in [0.2, 0.25) is 0 Å². The summed E-state index contributed by atoms with van der Waals surface area (Å²) in [7, 11) is 0. The van der Waals surface area contributed by atoms with Crippen LogP contribution in [-0.2, 0) is 47.0 Å². The van der Waals surface area contributed by atoms with Crippen LogP contribution in [0.4, 0.5) is 14.9 Å². The van der Waals surface area contributed by atoms with Gasteiger partial charge in [-0.15, -0.1) is 0 Å². The van der Waals surface area contributed by atoms with E-state index in [2.05, 4.69) is 47.2 Å². The Hall–Kier alpha value is -4.85. The van der Waals surface area contributed by atoms with Crippen LogP contribution in [0.5, 0.6) is 0 Å². The number of carbonyl (C=O) groups excluding carboxylic acids is 4. The average molecular weight is 828 g/mol. The van der Waals surface area contributed by atoms with E-state index in [-0.39, 0.29) is 55.5 Å². The fraction of sp³-hybridized carbons (Fsp3) is 0.532. The van der Waals surface area contributed by atoms with Gasteiger partial charge in [-0.25, -0.2) is 9.18 Å². The molecule has 2 saturated heterocycles. The number of piperazine rings is 1. The SMILES string of the molecule is C[C@@H]1COCCN1C[C@H]1CN(C(=O)OC(C)(C)C)[C@@H](C)CN1CC(=O)N1C[C@@](C)(CCCNC(=O)CC(=O)OCc2ccccc2)c2ccc(Cc3ccc(F)cc3)cc21. The molecule has 3 aliphatic heterocycles. The van der Waals surface area contributed by atoms with Crippen molar-refractivity contribution in [2.75, 3.05) is 63.9 Å².